The number of hydrogen-bond acceptors (Lipinski definition) is 7. The molecule has 9 heteroatoms. The summed E-state index contributed by atoms with van der Waals surface area (Å²) in [6.45, 7) is 0.495. The van der Waals surface area contributed by atoms with E-state index in [9.17, 15) is 4.79 Å². The molecule has 0 aromatic heterocycles. The van der Waals surface area contributed by atoms with Gasteiger partial charge in [-0.25, -0.2) is 4.79 Å². The first kappa shape index (κ1) is 25.8. The van der Waals surface area contributed by atoms with Crippen molar-refractivity contribution in [1.82, 2.24) is 4.90 Å². The fourth-order valence-corrected chi connectivity index (χ4v) is 4.66. The number of benzene rings is 3. The molecule has 1 N–H and O–H groups in total. The number of amides is 2. The average molecular weight is 509 g/mol. The number of urea groups is 1. The van der Waals surface area contributed by atoms with Gasteiger partial charge in [0.25, 0.3) is 0 Å². The molecular formula is C28H32N2O7. The van der Waals surface area contributed by atoms with Crippen LogP contribution >= 0.6 is 0 Å². The van der Waals surface area contributed by atoms with E-state index < -0.39 is 0 Å². The van der Waals surface area contributed by atoms with Crippen LogP contribution in [0.1, 0.15) is 22.7 Å². The minimum Gasteiger partial charge on any atom is -0.497 e. The number of nitrogens with one attached hydrogen (secondary N) is 1. The summed E-state index contributed by atoms with van der Waals surface area (Å²) in [5, 5.41) is 3.01. The SMILES string of the molecule is COc1ccc([C@@H]2c3cc(OC)c(OC)cc3CCN2C(=O)Nc2cc(OC)c(OC)c(OC)c2)cc1. The van der Waals surface area contributed by atoms with Crippen molar-refractivity contribution in [2.75, 3.05) is 54.5 Å². The highest BCUT2D eigenvalue weighted by molar-refractivity contribution is 5.91. The summed E-state index contributed by atoms with van der Waals surface area (Å²) in [4.78, 5) is 15.5. The molecule has 37 heavy (non-hydrogen) atoms. The van der Waals surface area contributed by atoms with Crippen LogP contribution in [0.4, 0.5) is 10.5 Å². The highest BCUT2D eigenvalue weighted by Gasteiger charge is 2.34. The summed E-state index contributed by atoms with van der Waals surface area (Å²) in [7, 11) is 9.44. The third-order valence-corrected chi connectivity index (χ3v) is 6.48. The molecule has 0 aliphatic carbocycles. The van der Waals surface area contributed by atoms with Gasteiger partial charge in [-0.15, -0.1) is 0 Å². The van der Waals surface area contributed by atoms with Crippen LogP contribution in [0, 0.1) is 0 Å². The molecule has 0 unspecified atom stereocenters. The Morgan fingerprint density at radius 2 is 1.35 bits per heavy atom. The van der Waals surface area contributed by atoms with E-state index in [-0.39, 0.29) is 12.1 Å². The van der Waals surface area contributed by atoms with Crippen molar-refractivity contribution in [2.24, 2.45) is 0 Å². The molecule has 1 atom stereocenters. The van der Waals surface area contributed by atoms with E-state index in [2.05, 4.69) is 5.32 Å². The maximum Gasteiger partial charge on any atom is 0.322 e. The summed E-state index contributed by atoms with van der Waals surface area (Å²) in [6.07, 6.45) is 0.658. The van der Waals surface area contributed by atoms with Crippen molar-refractivity contribution >= 4 is 11.7 Å². The maximum absolute atomic E-state index is 13.7. The zero-order chi connectivity index (χ0) is 26.5. The number of carbonyl (C=O) groups is 1. The number of methoxy groups -OCH3 is 6. The molecule has 3 aromatic rings. The Morgan fingerprint density at radius 3 is 1.89 bits per heavy atom. The van der Waals surface area contributed by atoms with Crippen molar-refractivity contribution in [3.05, 3.63) is 65.2 Å². The van der Waals surface area contributed by atoms with Crippen LogP contribution in [-0.2, 0) is 6.42 Å². The van der Waals surface area contributed by atoms with Crippen molar-refractivity contribution in [1.29, 1.82) is 0 Å². The predicted molar refractivity (Wildman–Crippen MR) is 140 cm³/mol. The van der Waals surface area contributed by atoms with E-state index >= 15 is 0 Å². The summed E-state index contributed by atoms with van der Waals surface area (Å²) < 4.78 is 32.7. The zero-order valence-electron chi connectivity index (χ0n) is 21.9. The summed E-state index contributed by atoms with van der Waals surface area (Å²) in [6, 6.07) is 14.4. The lowest BCUT2D eigenvalue weighted by Gasteiger charge is -2.38. The number of fused-ring (bicyclic) bond motifs is 1. The smallest absolute Gasteiger partial charge is 0.322 e. The van der Waals surface area contributed by atoms with E-state index in [0.29, 0.717) is 47.4 Å². The van der Waals surface area contributed by atoms with Crippen LogP contribution in [0.3, 0.4) is 0 Å². The molecule has 0 saturated carbocycles. The van der Waals surface area contributed by atoms with Gasteiger partial charge in [0.05, 0.1) is 54.4 Å². The largest absolute Gasteiger partial charge is 0.497 e. The fourth-order valence-electron chi connectivity index (χ4n) is 4.66. The van der Waals surface area contributed by atoms with Gasteiger partial charge in [-0.1, -0.05) is 12.1 Å². The minimum absolute atomic E-state index is 0.268. The van der Waals surface area contributed by atoms with E-state index in [1.807, 2.05) is 36.4 Å². The molecule has 1 aliphatic rings. The molecule has 9 nitrogen and oxygen atoms in total. The molecule has 0 bridgehead atoms. The normalized spacial score (nSPS) is 14.3. The molecule has 3 aromatic carbocycles. The van der Waals surface area contributed by atoms with Crippen LogP contribution in [0.2, 0.25) is 0 Å². The Kier molecular flexibility index (Phi) is 7.81. The van der Waals surface area contributed by atoms with Gasteiger partial charge in [0.2, 0.25) is 5.75 Å². The topological polar surface area (TPSA) is 87.7 Å². The second-order valence-electron chi connectivity index (χ2n) is 8.37. The van der Waals surface area contributed by atoms with E-state index in [0.717, 1.165) is 22.4 Å². The number of carbonyl (C=O) groups excluding carboxylic acids is 1. The van der Waals surface area contributed by atoms with Crippen molar-refractivity contribution < 1.29 is 33.2 Å². The average Bonchev–Trinajstić information content (AvgIpc) is 2.94. The van der Waals surface area contributed by atoms with Crippen LogP contribution in [-0.4, -0.2) is 60.1 Å². The third kappa shape index (κ3) is 5.02. The van der Waals surface area contributed by atoms with Crippen molar-refractivity contribution in [2.45, 2.75) is 12.5 Å². The van der Waals surface area contributed by atoms with Gasteiger partial charge < -0.3 is 38.6 Å². The Bertz CT molecular complexity index is 1240. The monoisotopic (exact) mass is 508 g/mol. The van der Waals surface area contributed by atoms with E-state index in [1.165, 1.54) is 21.3 Å². The molecule has 196 valence electrons. The molecule has 0 fully saturated rings. The number of rotatable bonds is 8. The minimum atomic E-state index is -0.364. The lowest BCUT2D eigenvalue weighted by molar-refractivity contribution is 0.193. The van der Waals surface area contributed by atoms with Gasteiger partial charge >= 0.3 is 6.03 Å². The Labute approximate surface area is 216 Å². The fraction of sp³-hybridized carbons (Fsp3) is 0.321. The predicted octanol–water partition coefficient (Wildman–Crippen LogP) is 4.92. The molecule has 0 spiro atoms. The van der Waals surface area contributed by atoms with Crippen LogP contribution in [0.5, 0.6) is 34.5 Å². The summed E-state index contributed by atoms with van der Waals surface area (Å²) in [5.74, 6) is 3.35. The lowest BCUT2D eigenvalue weighted by atomic mass is 9.87. The van der Waals surface area contributed by atoms with E-state index in [1.54, 1.807) is 38.4 Å². The molecular weight excluding hydrogens is 476 g/mol. The second kappa shape index (κ2) is 11.2. The van der Waals surface area contributed by atoms with Gasteiger partial charge in [0, 0.05) is 18.7 Å². The highest BCUT2D eigenvalue weighted by Crippen LogP contribution is 2.43. The first-order valence-electron chi connectivity index (χ1n) is 11.7. The molecule has 1 aliphatic heterocycles. The number of hydrogen-bond donors (Lipinski definition) is 1. The third-order valence-electron chi connectivity index (χ3n) is 6.48. The van der Waals surface area contributed by atoms with Gasteiger partial charge in [-0.3, -0.25) is 0 Å². The second-order valence-corrected chi connectivity index (χ2v) is 8.37. The number of nitrogens with zero attached hydrogens (tertiary/aromatic N) is 1. The quantitative estimate of drug-likeness (QED) is 0.462. The summed E-state index contributed by atoms with van der Waals surface area (Å²) in [5.41, 5.74) is 3.52. The molecule has 0 radical (unpaired) electrons. The maximum atomic E-state index is 13.7. The summed E-state index contributed by atoms with van der Waals surface area (Å²) >= 11 is 0. The highest BCUT2D eigenvalue weighted by atomic mass is 16.5. The van der Waals surface area contributed by atoms with Gasteiger partial charge in [0.15, 0.2) is 23.0 Å². The Balaban J connectivity index is 1.75. The van der Waals surface area contributed by atoms with Crippen LogP contribution in [0.25, 0.3) is 0 Å². The molecule has 2 amide bonds. The van der Waals surface area contributed by atoms with Crippen molar-refractivity contribution in [3.8, 4) is 34.5 Å². The first-order chi connectivity index (χ1) is 18.0. The lowest BCUT2D eigenvalue weighted by Crippen LogP contribution is -2.43. The van der Waals surface area contributed by atoms with Crippen molar-refractivity contribution in [3.63, 3.8) is 0 Å². The standard InChI is InChI=1S/C28H32N2O7/c1-32-20-9-7-17(8-10-20)26-21-16-23(34-3)22(33-2)13-18(21)11-12-30(26)28(31)29-19-14-24(35-4)27(37-6)25(15-19)36-5/h7-10,13-16,26H,11-12H2,1-6H3,(H,29,31)/t26-/m1/s1. The van der Waals surface area contributed by atoms with Gasteiger partial charge in [0.1, 0.15) is 5.75 Å². The number of ether oxygens (including phenoxy) is 6. The first-order valence-corrected chi connectivity index (χ1v) is 11.7. The van der Waals surface area contributed by atoms with Gasteiger partial charge in [-0.05, 0) is 47.4 Å². The molecule has 4 rings (SSSR count). The molecule has 1 heterocycles. The molecule has 0 saturated heterocycles. The van der Waals surface area contributed by atoms with Gasteiger partial charge in [-0.2, -0.15) is 0 Å². The number of anilines is 1. The van der Waals surface area contributed by atoms with Crippen LogP contribution < -0.4 is 33.7 Å². The Hall–Kier alpha value is -4.27. The zero-order valence-corrected chi connectivity index (χ0v) is 21.9. The Morgan fingerprint density at radius 1 is 0.757 bits per heavy atom. The van der Waals surface area contributed by atoms with E-state index in [4.69, 9.17) is 28.4 Å². The van der Waals surface area contributed by atoms with Crippen LogP contribution in [0.15, 0.2) is 48.5 Å².